The minimum atomic E-state index is -1.02. The molecule has 0 radical (unpaired) electrons. The third-order valence-electron chi connectivity index (χ3n) is 3.06. The molecule has 1 aliphatic rings. The SMILES string of the molecule is COC1/C=C\CCCCC(=O)NC/C=C/[C@H](O)[C@@H]1O. The maximum Gasteiger partial charge on any atom is 0.220 e. The monoisotopic (exact) mass is 269 g/mol. The lowest BCUT2D eigenvalue weighted by molar-refractivity contribution is -0.121. The van der Waals surface area contributed by atoms with Crippen LogP contribution in [0.5, 0.6) is 0 Å². The Hall–Kier alpha value is -1.17. The topological polar surface area (TPSA) is 78.8 Å². The molecule has 5 nitrogen and oxygen atoms in total. The number of carbonyl (C=O) groups is 1. The van der Waals surface area contributed by atoms with Gasteiger partial charge in [0, 0.05) is 20.1 Å². The summed E-state index contributed by atoms with van der Waals surface area (Å²) in [5.74, 6) is 0.00972. The summed E-state index contributed by atoms with van der Waals surface area (Å²) < 4.78 is 5.15. The van der Waals surface area contributed by atoms with Gasteiger partial charge in [-0.05, 0) is 19.3 Å². The zero-order valence-corrected chi connectivity index (χ0v) is 11.3. The van der Waals surface area contributed by atoms with Gasteiger partial charge in [0.25, 0.3) is 0 Å². The molecule has 1 amide bonds. The zero-order valence-electron chi connectivity index (χ0n) is 11.3. The number of aliphatic hydroxyl groups excluding tert-OH is 2. The van der Waals surface area contributed by atoms with E-state index in [4.69, 9.17) is 4.74 Å². The van der Waals surface area contributed by atoms with Gasteiger partial charge in [-0.25, -0.2) is 0 Å². The predicted molar refractivity (Wildman–Crippen MR) is 72.6 cm³/mol. The maximum absolute atomic E-state index is 11.4. The molecule has 0 aromatic rings. The van der Waals surface area contributed by atoms with Crippen LogP contribution in [0.2, 0.25) is 0 Å². The number of hydrogen-bond acceptors (Lipinski definition) is 4. The Kier molecular flexibility index (Phi) is 7.40. The molecule has 108 valence electrons. The first-order valence-electron chi connectivity index (χ1n) is 6.64. The van der Waals surface area contributed by atoms with E-state index >= 15 is 0 Å². The van der Waals surface area contributed by atoms with E-state index in [0.29, 0.717) is 13.0 Å². The van der Waals surface area contributed by atoms with E-state index in [-0.39, 0.29) is 5.91 Å². The number of ether oxygens (including phenoxy) is 1. The van der Waals surface area contributed by atoms with Gasteiger partial charge in [0.05, 0.1) is 0 Å². The van der Waals surface area contributed by atoms with Gasteiger partial charge >= 0.3 is 0 Å². The molecule has 0 aromatic heterocycles. The van der Waals surface area contributed by atoms with Crippen LogP contribution in [0.1, 0.15) is 25.7 Å². The van der Waals surface area contributed by atoms with Crippen molar-refractivity contribution in [2.75, 3.05) is 13.7 Å². The largest absolute Gasteiger partial charge is 0.387 e. The maximum atomic E-state index is 11.4. The summed E-state index contributed by atoms with van der Waals surface area (Å²) >= 11 is 0. The first kappa shape index (κ1) is 15.9. The molecule has 0 saturated carbocycles. The van der Waals surface area contributed by atoms with Gasteiger partial charge in [0.2, 0.25) is 5.91 Å². The minimum Gasteiger partial charge on any atom is -0.387 e. The summed E-state index contributed by atoms with van der Waals surface area (Å²) in [6, 6.07) is 0. The van der Waals surface area contributed by atoms with Gasteiger partial charge in [-0.15, -0.1) is 0 Å². The summed E-state index contributed by atoms with van der Waals surface area (Å²) in [5.41, 5.74) is 0. The van der Waals surface area contributed by atoms with Crippen LogP contribution in [-0.2, 0) is 9.53 Å². The van der Waals surface area contributed by atoms with Crippen LogP contribution in [-0.4, -0.2) is 48.1 Å². The third kappa shape index (κ3) is 6.00. The molecule has 5 heteroatoms. The second-order valence-electron chi connectivity index (χ2n) is 4.59. The molecular formula is C14H23NO4. The lowest BCUT2D eigenvalue weighted by Gasteiger charge is -2.21. The van der Waals surface area contributed by atoms with Gasteiger partial charge in [-0.2, -0.15) is 0 Å². The van der Waals surface area contributed by atoms with Crippen molar-refractivity contribution < 1.29 is 19.7 Å². The third-order valence-corrected chi connectivity index (χ3v) is 3.06. The second-order valence-corrected chi connectivity index (χ2v) is 4.59. The highest BCUT2D eigenvalue weighted by Gasteiger charge is 2.22. The van der Waals surface area contributed by atoms with Crippen molar-refractivity contribution in [3.63, 3.8) is 0 Å². The first-order valence-corrected chi connectivity index (χ1v) is 6.64. The number of rotatable bonds is 1. The number of nitrogens with one attached hydrogen (secondary N) is 1. The molecule has 1 heterocycles. The van der Waals surface area contributed by atoms with Crippen molar-refractivity contribution in [3.05, 3.63) is 24.3 Å². The minimum absolute atomic E-state index is 0.00972. The highest BCUT2D eigenvalue weighted by atomic mass is 16.5. The van der Waals surface area contributed by atoms with E-state index in [1.165, 1.54) is 13.2 Å². The van der Waals surface area contributed by atoms with Crippen LogP contribution in [0.4, 0.5) is 0 Å². The number of methoxy groups -OCH3 is 1. The molecule has 1 aliphatic heterocycles. The molecule has 0 saturated heterocycles. The number of aliphatic hydroxyl groups is 2. The molecule has 0 aliphatic carbocycles. The molecule has 0 aromatic carbocycles. The summed E-state index contributed by atoms with van der Waals surface area (Å²) in [5, 5.41) is 22.5. The van der Waals surface area contributed by atoms with Crippen LogP contribution < -0.4 is 5.32 Å². The smallest absolute Gasteiger partial charge is 0.220 e. The van der Waals surface area contributed by atoms with Crippen molar-refractivity contribution in [1.29, 1.82) is 0 Å². The van der Waals surface area contributed by atoms with E-state index < -0.39 is 18.3 Å². The van der Waals surface area contributed by atoms with Crippen molar-refractivity contribution in [2.45, 2.75) is 44.0 Å². The normalized spacial score (nSPS) is 34.1. The Morgan fingerprint density at radius 3 is 2.79 bits per heavy atom. The van der Waals surface area contributed by atoms with Crippen LogP contribution >= 0.6 is 0 Å². The quantitative estimate of drug-likeness (QED) is 0.607. The molecule has 3 atom stereocenters. The molecule has 1 unspecified atom stereocenters. The summed E-state index contributed by atoms with van der Waals surface area (Å²) in [4.78, 5) is 11.4. The zero-order chi connectivity index (χ0) is 14.1. The van der Waals surface area contributed by atoms with Crippen LogP contribution in [0, 0.1) is 0 Å². The number of carbonyl (C=O) groups excluding carboxylic acids is 1. The van der Waals surface area contributed by atoms with E-state index in [1.807, 2.05) is 6.08 Å². The number of allylic oxidation sites excluding steroid dienone is 1. The standard InChI is InChI=1S/C14H23NO4/c1-19-12-8-4-2-3-5-9-13(17)15-10-6-7-11(16)14(12)18/h4,6-8,11-12,14,16,18H,2-3,5,9-10H2,1H3,(H,15,17)/b7-6+,8-4-/t11-,12?,14-/m0/s1. The fourth-order valence-corrected chi connectivity index (χ4v) is 1.89. The Morgan fingerprint density at radius 1 is 1.26 bits per heavy atom. The molecule has 0 fully saturated rings. The Morgan fingerprint density at radius 2 is 2.05 bits per heavy atom. The number of hydrogen-bond donors (Lipinski definition) is 3. The summed E-state index contributed by atoms with van der Waals surface area (Å²) in [7, 11) is 1.50. The fourth-order valence-electron chi connectivity index (χ4n) is 1.89. The van der Waals surface area contributed by atoms with E-state index in [1.54, 1.807) is 12.2 Å². The van der Waals surface area contributed by atoms with E-state index in [9.17, 15) is 15.0 Å². The van der Waals surface area contributed by atoms with Crippen molar-refractivity contribution in [3.8, 4) is 0 Å². The average molecular weight is 269 g/mol. The average Bonchev–Trinajstić information content (AvgIpc) is 2.41. The Labute approximate surface area is 114 Å². The molecular weight excluding hydrogens is 246 g/mol. The highest BCUT2D eigenvalue weighted by molar-refractivity contribution is 5.75. The fraction of sp³-hybridized carbons (Fsp3) is 0.643. The highest BCUT2D eigenvalue weighted by Crippen LogP contribution is 2.09. The Bertz CT molecular complexity index is 327. The lowest BCUT2D eigenvalue weighted by atomic mass is 10.1. The van der Waals surface area contributed by atoms with Crippen molar-refractivity contribution in [1.82, 2.24) is 5.32 Å². The van der Waals surface area contributed by atoms with Crippen LogP contribution in [0.25, 0.3) is 0 Å². The Balaban J connectivity index is 2.67. The van der Waals surface area contributed by atoms with E-state index in [2.05, 4.69) is 5.32 Å². The predicted octanol–water partition coefficient (Wildman–Crippen LogP) is 0.526. The van der Waals surface area contributed by atoms with Crippen molar-refractivity contribution in [2.24, 2.45) is 0 Å². The molecule has 0 bridgehead atoms. The van der Waals surface area contributed by atoms with Crippen LogP contribution in [0.15, 0.2) is 24.3 Å². The van der Waals surface area contributed by atoms with Gasteiger partial charge in [0.15, 0.2) is 0 Å². The van der Waals surface area contributed by atoms with Gasteiger partial charge < -0.3 is 20.3 Å². The van der Waals surface area contributed by atoms with E-state index in [0.717, 1.165) is 19.3 Å². The lowest BCUT2D eigenvalue weighted by Crippen LogP contribution is -2.36. The molecule has 3 N–H and O–H groups in total. The van der Waals surface area contributed by atoms with Gasteiger partial charge in [-0.3, -0.25) is 4.79 Å². The number of amides is 1. The second kappa shape index (κ2) is 8.85. The summed E-state index contributed by atoms with van der Waals surface area (Å²) in [6.07, 6.45) is 7.29. The van der Waals surface area contributed by atoms with Gasteiger partial charge in [-0.1, -0.05) is 24.3 Å². The van der Waals surface area contributed by atoms with Crippen molar-refractivity contribution >= 4 is 5.91 Å². The molecule has 0 spiro atoms. The van der Waals surface area contributed by atoms with Crippen LogP contribution in [0.3, 0.4) is 0 Å². The molecule has 19 heavy (non-hydrogen) atoms. The molecule has 1 rings (SSSR count). The first-order chi connectivity index (χ1) is 9.15. The summed E-state index contributed by atoms with van der Waals surface area (Å²) in [6.45, 7) is 0.357. The van der Waals surface area contributed by atoms with Gasteiger partial charge in [0.1, 0.15) is 18.3 Å².